The summed E-state index contributed by atoms with van der Waals surface area (Å²) >= 11 is 0. The normalized spacial score (nSPS) is 13.4. The molecule has 1 nitrogen and oxygen atoms in total. The Kier molecular flexibility index (Phi) is 9.60. The van der Waals surface area contributed by atoms with Gasteiger partial charge in [0.1, 0.15) is 11.2 Å². The molecule has 11 aromatic rings. The van der Waals surface area contributed by atoms with Crippen LogP contribution in [-0.2, 0) is 11.8 Å². The Morgan fingerprint density at radius 1 is 0.406 bits per heavy atom. The van der Waals surface area contributed by atoms with Gasteiger partial charge in [-0.1, -0.05) is 206 Å². The molecule has 0 N–H and O–H groups in total. The van der Waals surface area contributed by atoms with Crippen LogP contribution in [0.1, 0.15) is 73.5 Å². The minimum Gasteiger partial charge on any atom is -0.455 e. The number of hydrogen-bond acceptors (Lipinski definition) is 1. The summed E-state index contributed by atoms with van der Waals surface area (Å²) < 4.78 is 6.38. The van der Waals surface area contributed by atoms with Crippen LogP contribution >= 0.6 is 0 Å². The third-order valence-electron chi connectivity index (χ3n) is 15.9. The predicted molar refractivity (Wildman–Crippen MR) is 288 cm³/mol. The highest BCUT2D eigenvalue weighted by Gasteiger charge is 2.53. The number of furan rings is 1. The van der Waals surface area contributed by atoms with Crippen molar-refractivity contribution in [2.45, 2.75) is 51.9 Å². The van der Waals surface area contributed by atoms with E-state index in [4.69, 9.17) is 4.42 Å². The van der Waals surface area contributed by atoms with Crippen molar-refractivity contribution in [3.05, 3.63) is 274 Å². The topological polar surface area (TPSA) is 13.1 Å². The molecule has 69 heavy (non-hydrogen) atoms. The molecular formula is C68H52O. The van der Waals surface area contributed by atoms with E-state index < -0.39 is 0 Å². The van der Waals surface area contributed by atoms with E-state index in [1.807, 2.05) is 6.07 Å². The number of benzene rings is 10. The Labute approximate surface area is 405 Å². The molecule has 0 saturated heterocycles. The van der Waals surface area contributed by atoms with E-state index in [0.717, 1.165) is 40.3 Å². The fourth-order valence-electron chi connectivity index (χ4n) is 12.3. The van der Waals surface area contributed by atoms with Gasteiger partial charge in [-0.25, -0.2) is 0 Å². The van der Waals surface area contributed by atoms with Crippen molar-refractivity contribution >= 4 is 21.9 Å². The van der Waals surface area contributed by atoms with Gasteiger partial charge in [0, 0.05) is 22.3 Å². The van der Waals surface area contributed by atoms with E-state index in [1.54, 1.807) is 0 Å². The Bertz CT molecular complexity index is 3750. The van der Waals surface area contributed by atoms with Gasteiger partial charge in [-0.15, -0.1) is 0 Å². The number of rotatable bonds is 8. The third-order valence-corrected chi connectivity index (χ3v) is 15.9. The molecule has 1 spiro atoms. The van der Waals surface area contributed by atoms with Gasteiger partial charge < -0.3 is 4.42 Å². The molecular weight excluding hydrogens is 833 g/mol. The second kappa shape index (κ2) is 16.1. The summed E-state index contributed by atoms with van der Waals surface area (Å²) in [7, 11) is 0. The first-order chi connectivity index (χ1) is 33.9. The van der Waals surface area contributed by atoms with Crippen molar-refractivity contribution in [2.24, 2.45) is 0 Å². The van der Waals surface area contributed by atoms with Gasteiger partial charge in [0.05, 0.1) is 5.41 Å². The van der Waals surface area contributed by atoms with Crippen LogP contribution in [0.25, 0.3) is 77.6 Å². The lowest BCUT2D eigenvalue weighted by molar-refractivity contribution is 0.670. The standard InChI is InChI=1S/C68H52O/c1-42-39-60-63(41-43(42)2)68(61-22-11-8-17-55(61)56-18-9-12-23-62(56)68)66-45(4)44(3)40-59(65(60)66)52-36-32-48(33-37-52)47-30-34-50(35-31-47)53(49-15-6-5-7-16-49)38-27-46-25-28-51(29-26-46)54-20-14-21-58-57-19-10-13-24-64(57)69-67(54)58/h5-26,28-37,39-41,53H,27,38H2,1-4H3. The fraction of sp³-hybridized carbons (Fsp3) is 0.118. The summed E-state index contributed by atoms with van der Waals surface area (Å²) in [4.78, 5) is 0. The molecule has 0 aliphatic heterocycles. The van der Waals surface area contributed by atoms with Crippen LogP contribution < -0.4 is 0 Å². The molecule has 1 atom stereocenters. The van der Waals surface area contributed by atoms with Gasteiger partial charge in [-0.2, -0.15) is 0 Å². The molecule has 2 aliphatic rings. The van der Waals surface area contributed by atoms with Gasteiger partial charge in [-0.3, -0.25) is 0 Å². The van der Waals surface area contributed by atoms with E-state index in [2.05, 4.69) is 234 Å². The number of aryl methyl sites for hydroxylation is 4. The highest BCUT2D eigenvalue weighted by molar-refractivity contribution is 6.09. The van der Waals surface area contributed by atoms with Gasteiger partial charge >= 0.3 is 0 Å². The molecule has 13 rings (SSSR count). The van der Waals surface area contributed by atoms with Crippen molar-refractivity contribution in [3.8, 4) is 55.6 Å². The van der Waals surface area contributed by atoms with Gasteiger partial charge in [0.25, 0.3) is 0 Å². The lowest BCUT2D eigenvalue weighted by Gasteiger charge is -2.32. The number of hydrogen-bond donors (Lipinski definition) is 0. The molecule has 1 heteroatoms. The van der Waals surface area contributed by atoms with Crippen LogP contribution in [0.3, 0.4) is 0 Å². The average molecular weight is 885 g/mol. The highest BCUT2D eigenvalue weighted by Crippen LogP contribution is 2.65. The van der Waals surface area contributed by atoms with Crippen molar-refractivity contribution in [3.63, 3.8) is 0 Å². The lowest BCUT2D eigenvalue weighted by Crippen LogP contribution is -2.27. The van der Waals surface area contributed by atoms with E-state index in [-0.39, 0.29) is 11.3 Å². The van der Waals surface area contributed by atoms with E-state index >= 15 is 0 Å². The number of para-hydroxylation sites is 2. The Morgan fingerprint density at radius 3 is 1.67 bits per heavy atom. The molecule has 0 fully saturated rings. The zero-order chi connectivity index (χ0) is 46.4. The van der Waals surface area contributed by atoms with Crippen molar-refractivity contribution in [2.75, 3.05) is 0 Å². The zero-order valence-electron chi connectivity index (χ0n) is 39.6. The highest BCUT2D eigenvalue weighted by atomic mass is 16.3. The van der Waals surface area contributed by atoms with Crippen LogP contribution in [0.2, 0.25) is 0 Å². The molecule has 0 bridgehead atoms. The SMILES string of the molecule is Cc1cc2c(cc1C)C1(c3ccccc3-c3ccccc31)c1c(C)c(C)cc(-c3ccc(-c4ccc(C(CCc5ccc(-c6cccc7c6oc6ccccc67)cc5)c5ccccc5)cc4)cc3)c1-2. The molecule has 0 radical (unpaired) electrons. The van der Waals surface area contributed by atoms with Gasteiger partial charge in [0.15, 0.2) is 0 Å². The molecule has 330 valence electrons. The quantitative estimate of drug-likeness (QED) is 0.148. The summed E-state index contributed by atoms with van der Waals surface area (Å²) in [6.45, 7) is 9.20. The first-order valence-corrected chi connectivity index (χ1v) is 24.6. The minimum absolute atomic E-state index is 0.274. The fourth-order valence-corrected chi connectivity index (χ4v) is 12.3. The smallest absolute Gasteiger partial charge is 0.143 e. The molecule has 1 heterocycles. The summed E-state index contributed by atoms with van der Waals surface area (Å²) in [6.07, 6.45) is 1.99. The van der Waals surface area contributed by atoms with Crippen molar-refractivity contribution in [1.29, 1.82) is 0 Å². The summed E-state index contributed by atoms with van der Waals surface area (Å²) in [5, 5.41) is 2.32. The van der Waals surface area contributed by atoms with Crippen LogP contribution in [0.5, 0.6) is 0 Å². The van der Waals surface area contributed by atoms with Crippen LogP contribution in [0.15, 0.2) is 217 Å². The van der Waals surface area contributed by atoms with Gasteiger partial charge in [0.2, 0.25) is 0 Å². The maximum absolute atomic E-state index is 6.38. The largest absolute Gasteiger partial charge is 0.455 e. The summed E-state index contributed by atoms with van der Waals surface area (Å²) in [5.41, 5.74) is 29.3. The van der Waals surface area contributed by atoms with Crippen LogP contribution in [0, 0.1) is 27.7 Å². The molecule has 1 unspecified atom stereocenters. The monoisotopic (exact) mass is 884 g/mol. The van der Waals surface area contributed by atoms with E-state index in [1.165, 1.54) is 111 Å². The maximum atomic E-state index is 6.38. The van der Waals surface area contributed by atoms with Crippen LogP contribution in [0.4, 0.5) is 0 Å². The molecule has 10 aromatic carbocycles. The minimum atomic E-state index is -0.377. The van der Waals surface area contributed by atoms with Crippen LogP contribution in [-0.4, -0.2) is 0 Å². The molecule has 0 amide bonds. The Morgan fingerprint density at radius 2 is 0.942 bits per heavy atom. The molecule has 1 aromatic heterocycles. The summed E-state index contributed by atoms with van der Waals surface area (Å²) in [6, 6.07) is 79.3. The Hall–Kier alpha value is -8.00. The maximum Gasteiger partial charge on any atom is 0.143 e. The first kappa shape index (κ1) is 41.2. The predicted octanol–water partition coefficient (Wildman–Crippen LogP) is 17.9. The van der Waals surface area contributed by atoms with E-state index in [0.29, 0.717) is 0 Å². The lowest BCUT2D eigenvalue weighted by atomic mass is 9.68. The third kappa shape index (κ3) is 6.37. The average Bonchev–Trinajstić information content (AvgIpc) is 4.03. The summed E-state index contributed by atoms with van der Waals surface area (Å²) in [5.74, 6) is 0.274. The second-order valence-corrected chi connectivity index (χ2v) is 19.6. The van der Waals surface area contributed by atoms with Crippen molar-refractivity contribution < 1.29 is 4.42 Å². The second-order valence-electron chi connectivity index (χ2n) is 19.6. The van der Waals surface area contributed by atoms with Gasteiger partial charge in [-0.05, 0) is 158 Å². The zero-order valence-corrected chi connectivity index (χ0v) is 39.6. The number of fused-ring (bicyclic) bond motifs is 13. The van der Waals surface area contributed by atoms with E-state index in [9.17, 15) is 0 Å². The first-order valence-electron chi connectivity index (χ1n) is 24.6. The molecule has 2 aliphatic carbocycles. The molecule has 0 saturated carbocycles. The Balaban J connectivity index is 0.813. The van der Waals surface area contributed by atoms with Crippen molar-refractivity contribution in [1.82, 2.24) is 0 Å².